The number of hydrogen-bond donors (Lipinski definition) is 2. The molecule has 1 aromatic carbocycles. The molecule has 0 saturated carbocycles. The molecule has 2 nitrogen and oxygen atoms in total. The zero-order valence-electron chi connectivity index (χ0n) is 12.8. The van der Waals surface area contributed by atoms with Gasteiger partial charge in [0.05, 0.1) is 0 Å². The third-order valence-corrected chi connectivity index (χ3v) is 4.02. The molecular formula is C18H27FN2. The van der Waals surface area contributed by atoms with E-state index < -0.39 is 0 Å². The first kappa shape index (κ1) is 16.2. The largest absolute Gasteiger partial charge is 0.315 e. The number of rotatable bonds is 9. The molecule has 116 valence electrons. The lowest BCUT2D eigenvalue weighted by Crippen LogP contribution is -2.29. The van der Waals surface area contributed by atoms with Crippen molar-refractivity contribution >= 4 is 0 Å². The van der Waals surface area contributed by atoms with Crippen molar-refractivity contribution in [3.05, 3.63) is 47.3 Å². The van der Waals surface area contributed by atoms with Gasteiger partial charge >= 0.3 is 0 Å². The lowest BCUT2D eigenvalue weighted by atomic mass is 9.97. The number of allylic oxidation sites excluding steroid dienone is 1. The summed E-state index contributed by atoms with van der Waals surface area (Å²) in [4.78, 5) is 0. The van der Waals surface area contributed by atoms with Crippen LogP contribution in [0.3, 0.4) is 0 Å². The van der Waals surface area contributed by atoms with Gasteiger partial charge in [0.25, 0.3) is 0 Å². The van der Waals surface area contributed by atoms with Crippen LogP contribution < -0.4 is 10.6 Å². The minimum atomic E-state index is -0.0989. The maximum Gasteiger partial charge on any atom is 0.126 e. The predicted molar refractivity (Wildman–Crippen MR) is 87.0 cm³/mol. The maximum atomic E-state index is 13.4. The molecule has 0 heterocycles. The first-order valence-corrected chi connectivity index (χ1v) is 8.19. The summed E-state index contributed by atoms with van der Waals surface area (Å²) in [5, 5.41) is 6.82. The van der Waals surface area contributed by atoms with Crippen molar-refractivity contribution < 1.29 is 4.39 Å². The lowest BCUT2D eigenvalue weighted by molar-refractivity contribution is 0.581. The van der Waals surface area contributed by atoms with E-state index in [-0.39, 0.29) is 5.82 Å². The molecule has 0 fully saturated rings. The fourth-order valence-corrected chi connectivity index (χ4v) is 2.73. The molecule has 0 radical (unpaired) electrons. The molecule has 3 heteroatoms. The van der Waals surface area contributed by atoms with Crippen LogP contribution in [0.15, 0.2) is 35.9 Å². The molecule has 21 heavy (non-hydrogen) atoms. The van der Waals surface area contributed by atoms with Gasteiger partial charge in [0.15, 0.2) is 0 Å². The fourth-order valence-electron chi connectivity index (χ4n) is 2.73. The van der Waals surface area contributed by atoms with E-state index in [0.717, 1.165) is 38.2 Å². The standard InChI is InChI=1S/C18H27FN2/c19-18-9-5-4-8-17(18)11-13-21-15-14-20-12-10-16-6-2-1-3-7-16/h4-6,8-9,20-21H,1-3,7,10-15H2. The number of hydrogen-bond acceptors (Lipinski definition) is 2. The van der Waals surface area contributed by atoms with Crippen molar-refractivity contribution in [1.82, 2.24) is 10.6 Å². The minimum absolute atomic E-state index is 0.0989. The van der Waals surface area contributed by atoms with Gasteiger partial charge in [0.2, 0.25) is 0 Å². The summed E-state index contributed by atoms with van der Waals surface area (Å²) >= 11 is 0. The molecule has 0 spiro atoms. The molecule has 0 unspecified atom stereocenters. The van der Waals surface area contributed by atoms with E-state index >= 15 is 0 Å². The molecule has 1 aliphatic carbocycles. The number of benzene rings is 1. The Labute approximate surface area is 127 Å². The monoisotopic (exact) mass is 290 g/mol. The maximum absolute atomic E-state index is 13.4. The van der Waals surface area contributed by atoms with E-state index in [4.69, 9.17) is 0 Å². The summed E-state index contributed by atoms with van der Waals surface area (Å²) < 4.78 is 13.4. The molecule has 0 aromatic heterocycles. The first-order chi connectivity index (χ1) is 10.4. The van der Waals surface area contributed by atoms with Crippen molar-refractivity contribution in [3.63, 3.8) is 0 Å². The Kier molecular flexibility index (Phi) is 7.47. The number of halogens is 1. The molecule has 2 rings (SSSR count). The first-order valence-electron chi connectivity index (χ1n) is 8.19. The molecule has 2 N–H and O–H groups in total. The molecule has 1 aromatic rings. The van der Waals surface area contributed by atoms with E-state index in [2.05, 4.69) is 16.7 Å². The summed E-state index contributed by atoms with van der Waals surface area (Å²) in [5.74, 6) is -0.0989. The van der Waals surface area contributed by atoms with Crippen LogP contribution in [0.25, 0.3) is 0 Å². The molecule has 0 aliphatic heterocycles. The Morgan fingerprint density at radius 3 is 2.38 bits per heavy atom. The zero-order chi connectivity index (χ0) is 14.8. The van der Waals surface area contributed by atoms with Crippen LogP contribution in [0.5, 0.6) is 0 Å². The normalized spacial score (nSPS) is 15.0. The molecule has 1 aliphatic rings. The minimum Gasteiger partial charge on any atom is -0.315 e. The van der Waals surface area contributed by atoms with Crippen LogP contribution >= 0.6 is 0 Å². The quantitative estimate of drug-likeness (QED) is 0.538. The van der Waals surface area contributed by atoms with Crippen LogP contribution in [0, 0.1) is 5.82 Å². The molecule has 0 bridgehead atoms. The van der Waals surface area contributed by atoms with Gasteiger partial charge in [-0.15, -0.1) is 0 Å². The SMILES string of the molecule is Fc1ccccc1CCNCCNCCC1=CCCCC1. The molecular weight excluding hydrogens is 263 g/mol. The molecule has 0 atom stereocenters. The lowest BCUT2D eigenvalue weighted by Gasteiger charge is -2.13. The van der Waals surface area contributed by atoms with Gasteiger partial charge in [-0.25, -0.2) is 4.39 Å². The van der Waals surface area contributed by atoms with Crippen molar-refractivity contribution in [2.75, 3.05) is 26.2 Å². The summed E-state index contributed by atoms with van der Waals surface area (Å²) in [6, 6.07) is 7.00. The second-order valence-corrected chi connectivity index (χ2v) is 5.70. The van der Waals surface area contributed by atoms with E-state index in [1.165, 1.54) is 38.2 Å². The van der Waals surface area contributed by atoms with Crippen molar-refractivity contribution in [3.8, 4) is 0 Å². The fraction of sp³-hybridized carbons (Fsp3) is 0.556. The predicted octanol–water partition coefficient (Wildman–Crippen LogP) is 3.44. The van der Waals surface area contributed by atoms with Crippen LogP contribution in [0.4, 0.5) is 4.39 Å². The van der Waals surface area contributed by atoms with Gasteiger partial charge in [-0.05, 0) is 63.2 Å². The highest BCUT2D eigenvalue weighted by Gasteiger charge is 2.02. The van der Waals surface area contributed by atoms with E-state index in [0.29, 0.717) is 0 Å². The Bertz CT molecular complexity index is 443. The van der Waals surface area contributed by atoms with Crippen molar-refractivity contribution in [1.29, 1.82) is 0 Å². The summed E-state index contributed by atoms with van der Waals surface area (Å²) in [6.07, 6.45) is 9.65. The molecule has 0 amide bonds. The van der Waals surface area contributed by atoms with Gasteiger partial charge < -0.3 is 10.6 Å². The van der Waals surface area contributed by atoms with Crippen molar-refractivity contribution in [2.45, 2.75) is 38.5 Å². The van der Waals surface area contributed by atoms with Crippen LogP contribution in [-0.4, -0.2) is 26.2 Å². The Morgan fingerprint density at radius 1 is 0.905 bits per heavy atom. The van der Waals surface area contributed by atoms with E-state index in [1.807, 2.05) is 12.1 Å². The van der Waals surface area contributed by atoms with Crippen LogP contribution in [-0.2, 0) is 6.42 Å². The summed E-state index contributed by atoms with van der Waals surface area (Å²) in [6.45, 7) is 3.81. The Hall–Kier alpha value is -1.19. The van der Waals surface area contributed by atoms with E-state index in [9.17, 15) is 4.39 Å². The van der Waals surface area contributed by atoms with Crippen LogP contribution in [0.2, 0.25) is 0 Å². The third kappa shape index (κ3) is 6.40. The topological polar surface area (TPSA) is 24.1 Å². The van der Waals surface area contributed by atoms with Gasteiger partial charge in [0.1, 0.15) is 5.82 Å². The van der Waals surface area contributed by atoms with Gasteiger partial charge in [-0.3, -0.25) is 0 Å². The van der Waals surface area contributed by atoms with Crippen LogP contribution in [0.1, 0.15) is 37.7 Å². The Morgan fingerprint density at radius 2 is 1.67 bits per heavy atom. The summed E-state index contributed by atoms with van der Waals surface area (Å²) in [7, 11) is 0. The highest BCUT2D eigenvalue weighted by Crippen LogP contribution is 2.19. The summed E-state index contributed by atoms with van der Waals surface area (Å²) in [5.41, 5.74) is 2.42. The zero-order valence-corrected chi connectivity index (χ0v) is 12.8. The van der Waals surface area contributed by atoms with Gasteiger partial charge in [-0.2, -0.15) is 0 Å². The highest BCUT2D eigenvalue weighted by molar-refractivity contribution is 5.17. The average Bonchev–Trinajstić information content (AvgIpc) is 2.52. The Balaban J connectivity index is 1.45. The number of nitrogens with one attached hydrogen (secondary N) is 2. The van der Waals surface area contributed by atoms with Gasteiger partial charge in [0, 0.05) is 13.1 Å². The highest BCUT2D eigenvalue weighted by atomic mass is 19.1. The molecule has 0 saturated heterocycles. The smallest absolute Gasteiger partial charge is 0.126 e. The van der Waals surface area contributed by atoms with E-state index in [1.54, 1.807) is 11.6 Å². The van der Waals surface area contributed by atoms with Crippen molar-refractivity contribution in [2.24, 2.45) is 0 Å². The second-order valence-electron chi connectivity index (χ2n) is 5.70. The van der Waals surface area contributed by atoms with Gasteiger partial charge in [-0.1, -0.05) is 29.8 Å². The average molecular weight is 290 g/mol. The third-order valence-electron chi connectivity index (χ3n) is 4.02. The second kappa shape index (κ2) is 9.69.